The van der Waals surface area contributed by atoms with Crippen LogP contribution in [-0.4, -0.2) is 34.2 Å². The molecule has 4 atom stereocenters. The molecule has 2 unspecified atom stereocenters. The van der Waals surface area contributed by atoms with Gasteiger partial charge in [-0.2, -0.15) is 0 Å². The van der Waals surface area contributed by atoms with E-state index in [2.05, 4.69) is 5.32 Å². The van der Waals surface area contributed by atoms with Crippen molar-refractivity contribution in [3.8, 4) is 0 Å². The highest BCUT2D eigenvalue weighted by atomic mass is 16.4. The Morgan fingerprint density at radius 1 is 1.54 bits per heavy atom. The maximum absolute atomic E-state index is 10.9. The van der Waals surface area contributed by atoms with Gasteiger partial charge in [0.25, 0.3) is 0 Å². The van der Waals surface area contributed by atoms with Gasteiger partial charge in [-0.15, -0.1) is 0 Å². The van der Waals surface area contributed by atoms with E-state index >= 15 is 0 Å². The smallest absolute Gasteiger partial charge is 0.308 e. The van der Waals surface area contributed by atoms with Gasteiger partial charge in [0, 0.05) is 0 Å². The van der Waals surface area contributed by atoms with Crippen molar-refractivity contribution in [2.24, 2.45) is 11.8 Å². The van der Waals surface area contributed by atoms with E-state index in [1.54, 1.807) is 0 Å². The topological polar surface area (TPSA) is 86.6 Å². The summed E-state index contributed by atoms with van der Waals surface area (Å²) < 4.78 is 0. The first kappa shape index (κ1) is 9.98. The van der Waals surface area contributed by atoms with Crippen molar-refractivity contribution in [3.63, 3.8) is 0 Å². The van der Waals surface area contributed by atoms with Gasteiger partial charge < -0.3 is 15.5 Å². The highest BCUT2D eigenvalue weighted by Gasteiger charge is 2.47. The zero-order chi connectivity index (χ0) is 10.2. The molecule has 13 heavy (non-hydrogen) atoms. The first-order valence-electron chi connectivity index (χ1n) is 4.16. The molecule has 1 aliphatic heterocycles. The highest BCUT2D eigenvalue weighted by molar-refractivity contribution is 5.88. The quantitative estimate of drug-likeness (QED) is 0.505. The summed E-state index contributed by atoms with van der Waals surface area (Å²) in [7, 11) is 0. The summed E-state index contributed by atoms with van der Waals surface area (Å²) in [5, 5.41) is 20.3. The van der Waals surface area contributed by atoms with E-state index < -0.39 is 30.0 Å². The third-order valence-electron chi connectivity index (χ3n) is 2.45. The molecule has 0 aliphatic carbocycles. The predicted octanol–water partition coefficient (Wildman–Crippen LogP) is -0.797. The number of aliphatic hydroxyl groups is 1. The van der Waals surface area contributed by atoms with Gasteiger partial charge in [0.05, 0.1) is 24.0 Å². The lowest BCUT2D eigenvalue weighted by Gasteiger charge is -2.40. The molecular formula is C8H13NO4. The van der Waals surface area contributed by atoms with Crippen LogP contribution in [-0.2, 0) is 9.59 Å². The third kappa shape index (κ3) is 1.65. The second-order valence-electron chi connectivity index (χ2n) is 3.43. The van der Waals surface area contributed by atoms with Gasteiger partial charge in [-0.1, -0.05) is 0 Å². The average Bonchev–Trinajstić information content (AvgIpc) is 1.97. The number of β-lactam (4-membered cyclic amide) rings is 1. The third-order valence-corrected chi connectivity index (χ3v) is 2.45. The minimum absolute atomic E-state index is 0.270. The Morgan fingerprint density at radius 3 is 2.38 bits per heavy atom. The molecule has 5 heteroatoms. The molecule has 1 amide bonds. The molecule has 0 spiro atoms. The largest absolute Gasteiger partial charge is 0.481 e. The predicted molar refractivity (Wildman–Crippen MR) is 43.9 cm³/mol. The zero-order valence-electron chi connectivity index (χ0n) is 7.52. The number of nitrogens with one attached hydrogen (secondary N) is 1. The molecule has 0 aromatic heterocycles. The van der Waals surface area contributed by atoms with Crippen LogP contribution in [0.4, 0.5) is 0 Å². The van der Waals surface area contributed by atoms with Crippen molar-refractivity contribution < 1.29 is 19.8 Å². The van der Waals surface area contributed by atoms with Crippen molar-refractivity contribution in [2.75, 3.05) is 0 Å². The molecule has 1 fully saturated rings. The van der Waals surface area contributed by atoms with Crippen LogP contribution in [0.5, 0.6) is 0 Å². The fraction of sp³-hybridized carbons (Fsp3) is 0.750. The lowest BCUT2D eigenvalue weighted by Crippen LogP contribution is -2.65. The second-order valence-corrected chi connectivity index (χ2v) is 3.43. The van der Waals surface area contributed by atoms with Crippen LogP contribution >= 0.6 is 0 Å². The van der Waals surface area contributed by atoms with Crippen molar-refractivity contribution in [1.29, 1.82) is 0 Å². The van der Waals surface area contributed by atoms with Crippen LogP contribution in [0.2, 0.25) is 0 Å². The van der Waals surface area contributed by atoms with Crippen molar-refractivity contribution >= 4 is 11.9 Å². The number of carboxylic acid groups (broad SMARTS) is 1. The summed E-state index contributed by atoms with van der Waals surface area (Å²) in [6.45, 7) is 3.01. The molecule has 1 saturated heterocycles. The molecule has 1 aliphatic rings. The number of aliphatic hydroxyl groups excluding tert-OH is 1. The van der Waals surface area contributed by atoms with Gasteiger partial charge >= 0.3 is 5.97 Å². The maximum atomic E-state index is 10.9. The Bertz CT molecular complexity index is 238. The van der Waals surface area contributed by atoms with Crippen molar-refractivity contribution in [3.05, 3.63) is 0 Å². The van der Waals surface area contributed by atoms with Crippen molar-refractivity contribution in [2.45, 2.75) is 26.0 Å². The summed E-state index contributed by atoms with van der Waals surface area (Å²) in [6.07, 6.45) is -0.791. The van der Waals surface area contributed by atoms with E-state index in [-0.39, 0.29) is 5.91 Å². The Hall–Kier alpha value is -1.10. The second kappa shape index (κ2) is 3.33. The van der Waals surface area contributed by atoms with E-state index in [1.165, 1.54) is 13.8 Å². The first-order chi connectivity index (χ1) is 5.95. The summed E-state index contributed by atoms with van der Waals surface area (Å²) >= 11 is 0. The summed E-state index contributed by atoms with van der Waals surface area (Å²) in [6, 6.07) is -0.440. The highest BCUT2D eigenvalue weighted by Crippen LogP contribution is 2.25. The minimum atomic E-state index is -0.962. The van der Waals surface area contributed by atoms with Crippen molar-refractivity contribution in [1.82, 2.24) is 5.32 Å². The fourth-order valence-electron chi connectivity index (χ4n) is 1.53. The molecule has 74 valence electrons. The van der Waals surface area contributed by atoms with E-state index in [1.807, 2.05) is 0 Å². The lowest BCUT2D eigenvalue weighted by molar-refractivity contribution is -0.151. The number of carbonyl (C=O) groups excluding carboxylic acids is 1. The van der Waals surface area contributed by atoms with Gasteiger partial charge in [0.2, 0.25) is 5.91 Å². The van der Waals surface area contributed by atoms with Gasteiger partial charge in [-0.3, -0.25) is 9.59 Å². The summed E-state index contributed by atoms with van der Waals surface area (Å²) in [4.78, 5) is 21.5. The summed E-state index contributed by atoms with van der Waals surface area (Å²) in [5.41, 5.74) is 0. The normalized spacial score (nSPS) is 31.5. The first-order valence-corrected chi connectivity index (χ1v) is 4.16. The molecule has 0 bridgehead atoms. The number of hydrogen-bond acceptors (Lipinski definition) is 3. The Morgan fingerprint density at radius 2 is 2.08 bits per heavy atom. The van der Waals surface area contributed by atoms with Gasteiger partial charge in [-0.25, -0.2) is 0 Å². The molecule has 0 radical (unpaired) electrons. The number of aliphatic carboxylic acids is 1. The van der Waals surface area contributed by atoms with Crippen LogP contribution in [0.1, 0.15) is 13.8 Å². The van der Waals surface area contributed by atoms with E-state index in [0.717, 1.165) is 0 Å². The lowest BCUT2D eigenvalue weighted by atomic mass is 9.79. The Balaban J connectivity index is 2.64. The fourth-order valence-corrected chi connectivity index (χ4v) is 1.53. The van der Waals surface area contributed by atoms with Crippen LogP contribution in [0.25, 0.3) is 0 Å². The molecular weight excluding hydrogens is 174 g/mol. The van der Waals surface area contributed by atoms with Gasteiger partial charge in [-0.05, 0) is 13.8 Å². The Labute approximate surface area is 75.7 Å². The molecule has 5 nitrogen and oxygen atoms in total. The van der Waals surface area contributed by atoms with E-state index in [4.69, 9.17) is 5.11 Å². The Kier molecular flexibility index (Phi) is 2.56. The SMILES string of the molecule is C[C@@H](O)C1C(=O)NC1[C@@H](C)C(=O)O. The summed E-state index contributed by atoms with van der Waals surface area (Å²) in [5.74, 6) is -2.47. The molecule has 0 saturated carbocycles. The molecule has 3 N–H and O–H groups in total. The number of carboxylic acids is 1. The molecule has 0 aromatic rings. The van der Waals surface area contributed by atoms with Gasteiger partial charge in [0.15, 0.2) is 0 Å². The van der Waals surface area contributed by atoms with E-state index in [9.17, 15) is 14.7 Å². The monoisotopic (exact) mass is 187 g/mol. The van der Waals surface area contributed by atoms with Crippen LogP contribution in [0.15, 0.2) is 0 Å². The average molecular weight is 187 g/mol. The van der Waals surface area contributed by atoms with Crippen LogP contribution < -0.4 is 5.32 Å². The number of amides is 1. The molecule has 1 rings (SSSR count). The number of hydrogen-bond donors (Lipinski definition) is 3. The van der Waals surface area contributed by atoms with Crippen LogP contribution in [0.3, 0.4) is 0 Å². The number of carbonyl (C=O) groups is 2. The van der Waals surface area contributed by atoms with E-state index in [0.29, 0.717) is 0 Å². The van der Waals surface area contributed by atoms with Gasteiger partial charge in [0.1, 0.15) is 0 Å². The zero-order valence-corrected chi connectivity index (χ0v) is 7.52. The van der Waals surface area contributed by atoms with Crippen LogP contribution in [0, 0.1) is 11.8 Å². The molecule has 1 heterocycles. The number of rotatable bonds is 3. The minimum Gasteiger partial charge on any atom is -0.481 e. The standard InChI is InChI=1S/C8H13NO4/c1-3(8(12)13)6-5(4(2)10)7(11)9-6/h3-6,10H,1-2H3,(H,9,11)(H,12,13)/t3-,4-,5?,6?/m1/s1. The molecule has 0 aromatic carbocycles. The maximum Gasteiger partial charge on any atom is 0.308 e.